The Morgan fingerprint density at radius 1 is 1.22 bits per heavy atom. The quantitative estimate of drug-likeness (QED) is 0.744. The minimum atomic E-state index is -0.231. The minimum Gasteiger partial charge on any atom is -0.495 e. The lowest BCUT2D eigenvalue weighted by Gasteiger charge is -2.34. The number of benzene rings is 1. The first-order valence-corrected chi connectivity index (χ1v) is 9.79. The van der Waals surface area contributed by atoms with Crippen LogP contribution in [0.5, 0.6) is 5.75 Å². The van der Waals surface area contributed by atoms with Crippen LogP contribution in [0.3, 0.4) is 0 Å². The van der Waals surface area contributed by atoms with Gasteiger partial charge in [-0.05, 0) is 43.5 Å². The number of rotatable bonds is 7. The molecule has 0 aromatic heterocycles. The number of halogens is 1. The third-order valence-corrected chi connectivity index (χ3v) is 5.55. The fourth-order valence-corrected chi connectivity index (χ4v) is 3.72. The SMILES string of the molecule is COc1ccc(Cl)cc1NC(=O)CN(C)CC(=O)N[C@@H]1CCC[C@@H](C)[C@H]1C. The summed E-state index contributed by atoms with van der Waals surface area (Å²) in [5.74, 6) is 1.36. The van der Waals surface area contributed by atoms with Gasteiger partial charge in [0.25, 0.3) is 0 Å². The molecule has 1 aliphatic rings. The molecule has 0 aliphatic heterocycles. The number of likely N-dealkylation sites (N-methyl/N-ethyl adjacent to an activating group) is 1. The number of methoxy groups -OCH3 is 1. The van der Waals surface area contributed by atoms with E-state index in [1.165, 1.54) is 13.5 Å². The largest absolute Gasteiger partial charge is 0.495 e. The number of ether oxygens (including phenoxy) is 1. The normalized spacial score (nSPS) is 22.4. The summed E-state index contributed by atoms with van der Waals surface area (Å²) in [4.78, 5) is 26.3. The maximum absolute atomic E-state index is 12.3. The van der Waals surface area contributed by atoms with Crippen LogP contribution >= 0.6 is 11.6 Å². The Labute approximate surface area is 166 Å². The fourth-order valence-electron chi connectivity index (χ4n) is 3.55. The van der Waals surface area contributed by atoms with Crippen LogP contribution in [0, 0.1) is 11.8 Å². The van der Waals surface area contributed by atoms with Gasteiger partial charge in [-0.3, -0.25) is 14.5 Å². The number of hydrogen-bond acceptors (Lipinski definition) is 4. The molecule has 1 aromatic rings. The van der Waals surface area contributed by atoms with Gasteiger partial charge >= 0.3 is 0 Å². The van der Waals surface area contributed by atoms with E-state index < -0.39 is 0 Å². The molecule has 27 heavy (non-hydrogen) atoms. The highest BCUT2D eigenvalue weighted by Gasteiger charge is 2.28. The zero-order chi connectivity index (χ0) is 20.0. The van der Waals surface area contributed by atoms with Crippen LogP contribution in [-0.2, 0) is 9.59 Å². The molecule has 1 aromatic carbocycles. The first-order valence-electron chi connectivity index (χ1n) is 9.41. The molecule has 0 bridgehead atoms. The molecule has 150 valence electrons. The monoisotopic (exact) mass is 395 g/mol. The van der Waals surface area contributed by atoms with Gasteiger partial charge in [0.2, 0.25) is 11.8 Å². The zero-order valence-corrected chi connectivity index (χ0v) is 17.3. The third-order valence-electron chi connectivity index (χ3n) is 5.32. The van der Waals surface area contributed by atoms with E-state index in [9.17, 15) is 9.59 Å². The molecule has 0 saturated heterocycles. The molecule has 0 radical (unpaired) electrons. The number of nitrogens with zero attached hydrogens (tertiary/aromatic N) is 1. The molecular weight excluding hydrogens is 366 g/mol. The van der Waals surface area contributed by atoms with Crippen molar-refractivity contribution in [1.82, 2.24) is 10.2 Å². The number of carbonyl (C=O) groups is 2. The van der Waals surface area contributed by atoms with Crippen LogP contribution in [0.25, 0.3) is 0 Å². The lowest BCUT2D eigenvalue weighted by molar-refractivity contribution is -0.124. The average Bonchev–Trinajstić information content (AvgIpc) is 2.58. The van der Waals surface area contributed by atoms with Crippen molar-refractivity contribution in [3.05, 3.63) is 23.2 Å². The van der Waals surface area contributed by atoms with Gasteiger partial charge in [-0.15, -0.1) is 0 Å². The average molecular weight is 396 g/mol. The van der Waals surface area contributed by atoms with Gasteiger partial charge in [0.15, 0.2) is 0 Å². The lowest BCUT2D eigenvalue weighted by Crippen LogP contribution is -2.47. The summed E-state index contributed by atoms with van der Waals surface area (Å²) in [5, 5.41) is 6.42. The van der Waals surface area contributed by atoms with E-state index in [0.29, 0.717) is 28.3 Å². The molecule has 0 spiro atoms. The molecule has 1 aliphatic carbocycles. The van der Waals surface area contributed by atoms with Gasteiger partial charge in [-0.1, -0.05) is 38.3 Å². The number of amides is 2. The van der Waals surface area contributed by atoms with Crippen LogP contribution in [0.1, 0.15) is 33.1 Å². The van der Waals surface area contributed by atoms with Crippen molar-refractivity contribution in [2.45, 2.75) is 39.2 Å². The summed E-state index contributed by atoms with van der Waals surface area (Å²) < 4.78 is 5.22. The Morgan fingerprint density at radius 3 is 2.63 bits per heavy atom. The van der Waals surface area contributed by atoms with Crippen LogP contribution in [0.2, 0.25) is 5.02 Å². The highest BCUT2D eigenvalue weighted by atomic mass is 35.5. The predicted octanol–water partition coefficient (Wildman–Crippen LogP) is 3.16. The highest BCUT2D eigenvalue weighted by molar-refractivity contribution is 6.31. The van der Waals surface area contributed by atoms with Crippen molar-refractivity contribution in [3.8, 4) is 5.75 Å². The van der Waals surface area contributed by atoms with Crippen molar-refractivity contribution in [2.75, 3.05) is 32.6 Å². The Kier molecular flexibility index (Phi) is 7.92. The molecule has 3 atom stereocenters. The topological polar surface area (TPSA) is 70.7 Å². The number of carbonyl (C=O) groups excluding carboxylic acids is 2. The molecule has 1 fully saturated rings. The summed E-state index contributed by atoms with van der Waals surface area (Å²) in [6, 6.07) is 5.25. The first-order chi connectivity index (χ1) is 12.8. The predicted molar refractivity (Wildman–Crippen MR) is 108 cm³/mol. The Hall–Kier alpha value is -1.79. The summed E-state index contributed by atoms with van der Waals surface area (Å²) in [7, 11) is 3.28. The molecule has 7 heteroatoms. The standard InChI is InChI=1S/C20H30ClN3O3/c1-13-6-5-7-16(14(13)2)22-19(25)11-24(3)12-20(26)23-17-10-15(21)8-9-18(17)27-4/h8-10,13-14,16H,5-7,11-12H2,1-4H3,(H,22,25)(H,23,26)/t13-,14-,16-/m1/s1. The van der Waals surface area contributed by atoms with Gasteiger partial charge < -0.3 is 15.4 Å². The van der Waals surface area contributed by atoms with Gasteiger partial charge in [0.1, 0.15) is 5.75 Å². The van der Waals surface area contributed by atoms with E-state index in [2.05, 4.69) is 24.5 Å². The fraction of sp³-hybridized carbons (Fsp3) is 0.600. The van der Waals surface area contributed by atoms with Gasteiger partial charge in [-0.25, -0.2) is 0 Å². The maximum Gasteiger partial charge on any atom is 0.238 e. The van der Waals surface area contributed by atoms with Gasteiger partial charge in [-0.2, -0.15) is 0 Å². The van der Waals surface area contributed by atoms with E-state index >= 15 is 0 Å². The second-order valence-electron chi connectivity index (χ2n) is 7.51. The highest BCUT2D eigenvalue weighted by Crippen LogP contribution is 2.29. The van der Waals surface area contributed by atoms with Crippen LogP contribution in [0.4, 0.5) is 5.69 Å². The second-order valence-corrected chi connectivity index (χ2v) is 7.94. The van der Waals surface area contributed by atoms with E-state index in [-0.39, 0.29) is 30.9 Å². The van der Waals surface area contributed by atoms with E-state index in [0.717, 1.165) is 12.8 Å². The Morgan fingerprint density at radius 2 is 1.93 bits per heavy atom. The molecule has 2 N–H and O–H groups in total. The van der Waals surface area contributed by atoms with Crippen LogP contribution in [-0.4, -0.2) is 50.0 Å². The molecule has 2 amide bonds. The molecule has 0 heterocycles. The molecule has 6 nitrogen and oxygen atoms in total. The van der Waals surface area contributed by atoms with E-state index in [4.69, 9.17) is 16.3 Å². The Bertz CT molecular complexity index is 668. The zero-order valence-electron chi connectivity index (χ0n) is 16.5. The van der Waals surface area contributed by atoms with Crippen LogP contribution in [0.15, 0.2) is 18.2 Å². The van der Waals surface area contributed by atoms with Gasteiger partial charge in [0.05, 0.1) is 25.9 Å². The van der Waals surface area contributed by atoms with Crippen molar-refractivity contribution >= 4 is 29.1 Å². The summed E-state index contributed by atoms with van der Waals surface area (Å²) in [5.41, 5.74) is 0.512. The molecule has 0 unspecified atom stereocenters. The summed E-state index contributed by atoms with van der Waals surface area (Å²) in [6.45, 7) is 4.71. The summed E-state index contributed by atoms with van der Waals surface area (Å²) >= 11 is 5.98. The van der Waals surface area contributed by atoms with Crippen molar-refractivity contribution < 1.29 is 14.3 Å². The van der Waals surface area contributed by atoms with E-state index in [1.54, 1.807) is 30.1 Å². The van der Waals surface area contributed by atoms with E-state index in [1.807, 2.05) is 0 Å². The minimum absolute atomic E-state index is 0.0448. The number of anilines is 1. The number of nitrogens with one attached hydrogen (secondary N) is 2. The van der Waals surface area contributed by atoms with Gasteiger partial charge in [0, 0.05) is 11.1 Å². The van der Waals surface area contributed by atoms with Crippen LogP contribution < -0.4 is 15.4 Å². The van der Waals surface area contributed by atoms with Crippen molar-refractivity contribution in [2.24, 2.45) is 11.8 Å². The van der Waals surface area contributed by atoms with Crippen molar-refractivity contribution in [1.29, 1.82) is 0 Å². The molecule has 2 rings (SSSR count). The maximum atomic E-state index is 12.3. The second kappa shape index (κ2) is 9.95. The number of hydrogen-bond donors (Lipinski definition) is 2. The molecule has 1 saturated carbocycles. The third kappa shape index (κ3) is 6.40. The van der Waals surface area contributed by atoms with Crippen molar-refractivity contribution in [3.63, 3.8) is 0 Å². The first kappa shape index (κ1) is 21.5. The lowest BCUT2D eigenvalue weighted by atomic mass is 9.78. The smallest absolute Gasteiger partial charge is 0.238 e. The molecular formula is C20H30ClN3O3. The summed E-state index contributed by atoms with van der Waals surface area (Å²) in [6.07, 6.45) is 3.40. The Balaban J connectivity index is 1.82.